The molecule has 0 aliphatic heterocycles. The fourth-order valence-corrected chi connectivity index (χ4v) is 2.10. The lowest BCUT2D eigenvalue weighted by molar-refractivity contribution is 0.0700. The molecule has 3 N–H and O–H groups in total. The van der Waals surface area contributed by atoms with Gasteiger partial charge in [-0.1, -0.05) is 0 Å². The van der Waals surface area contributed by atoms with Crippen molar-refractivity contribution in [3.63, 3.8) is 0 Å². The van der Waals surface area contributed by atoms with Gasteiger partial charge >= 0.3 is 5.97 Å². The van der Waals surface area contributed by atoms with Gasteiger partial charge in [-0.15, -0.1) is 5.10 Å². The van der Waals surface area contributed by atoms with Crippen LogP contribution in [0.25, 0.3) is 5.52 Å². The molecule has 15 heavy (non-hydrogen) atoms. The Kier molecular flexibility index (Phi) is 2.15. The summed E-state index contributed by atoms with van der Waals surface area (Å²) < 4.78 is 2.30. The Balaban J connectivity index is 2.93. The molecule has 0 saturated carbocycles. The normalized spacial score (nSPS) is 10.8. The lowest BCUT2D eigenvalue weighted by atomic mass is 10.2. The van der Waals surface area contributed by atoms with Crippen molar-refractivity contribution in [1.82, 2.24) is 9.61 Å². The van der Waals surface area contributed by atoms with E-state index in [0.29, 0.717) is 5.52 Å². The Morgan fingerprint density at radius 1 is 1.67 bits per heavy atom. The Morgan fingerprint density at radius 2 is 2.33 bits per heavy atom. The number of carbonyl (C=O) groups is 1. The van der Waals surface area contributed by atoms with Gasteiger partial charge in [-0.05, 0) is 34.5 Å². The van der Waals surface area contributed by atoms with Crippen molar-refractivity contribution in [2.75, 3.05) is 5.73 Å². The Hall–Kier alpha value is -1.56. The smallest absolute Gasteiger partial charge is 0.341 e. The Labute approximate surface area is 93.6 Å². The molecule has 2 heterocycles. The first-order valence-electron chi connectivity index (χ1n) is 4.18. The molecule has 0 aliphatic rings. The molecule has 0 unspecified atom stereocenters. The van der Waals surface area contributed by atoms with Crippen LogP contribution in [-0.2, 0) is 0 Å². The molecule has 0 aromatic carbocycles. The van der Waals surface area contributed by atoms with Crippen LogP contribution >= 0.6 is 15.9 Å². The fourth-order valence-electron chi connectivity index (χ4n) is 1.56. The average molecular weight is 270 g/mol. The van der Waals surface area contributed by atoms with Gasteiger partial charge in [0.1, 0.15) is 5.56 Å². The van der Waals surface area contributed by atoms with Gasteiger partial charge in [0.25, 0.3) is 0 Å². The summed E-state index contributed by atoms with van der Waals surface area (Å²) in [5.74, 6) is -1.03. The number of halogens is 1. The minimum Gasteiger partial charge on any atom is -0.477 e. The summed E-state index contributed by atoms with van der Waals surface area (Å²) in [4.78, 5) is 11.0. The molecule has 0 spiro atoms. The van der Waals surface area contributed by atoms with Crippen LogP contribution in [0.2, 0.25) is 0 Å². The molecule has 2 aromatic heterocycles. The summed E-state index contributed by atoms with van der Waals surface area (Å²) in [6, 6.07) is 1.82. The van der Waals surface area contributed by atoms with E-state index in [1.54, 1.807) is 6.20 Å². The maximum absolute atomic E-state index is 11.0. The van der Waals surface area contributed by atoms with Gasteiger partial charge in [-0.3, -0.25) is 0 Å². The second-order valence-corrected chi connectivity index (χ2v) is 4.12. The number of carboxylic acids is 1. The monoisotopic (exact) mass is 269 g/mol. The highest BCUT2D eigenvalue weighted by Gasteiger charge is 2.18. The summed E-state index contributed by atoms with van der Waals surface area (Å²) in [5, 5.41) is 12.9. The van der Waals surface area contributed by atoms with Crippen molar-refractivity contribution >= 4 is 33.2 Å². The van der Waals surface area contributed by atoms with Gasteiger partial charge in [0, 0.05) is 10.7 Å². The van der Waals surface area contributed by atoms with Crippen LogP contribution in [0.1, 0.15) is 15.9 Å². The summed E-state index contributed by atoms with van der Waals surface area (Å²) in [6.07, 6.45) is 1.67. The number of anilines is 1. The van der Waals surface area contributed by atoms with Gasteiger partial charge < -0.3 is 10.8 Å². The van der Waals surface area contributed by atoms with E-state index in [1.807, 2.05) is 13.0 Å². The largest absolute Gasteiger partial charge is 0.477 e. The van der Waals surface area contributed by atoms with Crippen molar-refractivity contribution in [3.8, 4) is 0 Å². The van der Waals surface area contributed by atoms with Crippen LogP contribution in [0.5, 0.6) is 0 Å². The number of hydrogen-bond donors (Lipinski definition) is 2. The number of carboxylic acid groups (broad SMARTS) is 1. The van der Waals surface area contributed by atoms with E-state index >= 15 is 0 Å². The van der Waals surface area contributed by atoms with E-state index in [4.69, 9.17) is 10.8 Å². The molecule has 0 saturated heterocycles. The highest BCUT2D eigenvalue weighted by Crippen LogP contribution is 2.24. The van der Waals surface area contributed by atoms with Gasteiger partial charge in [-0.2, -0.15) is 0 Å². The van der Waals surface area contributed by atoms with Gasteiger partial charge in [0.15, 0.2) is 5.82 Å². The molecular formula is C9H8BrN3O2. The van der Waals surface area contributed by atoms with E-state index < -0.39 is 5.97 Å². The number of nitrogen functional groups attached to an aromatic ring is 1. The third-order valence-electron chi connectivity index (χ3n) is 2.12. The molecule has 6 heteroatoms. The second kappa shape index (κ2) is 3.23. The number of nitrogens with two attached hydrogens (primary N) is 1. The van der Waals surface area contributed by atoms with Crippen LogP contribution in [0.15, 0.2) is 16.7 Å². The molecule has 0 amide bonds. The Morgan fingerprint density at radius 3 is 2.93 bits per heavy atom. The minimum atomic E-state index is -1.06. The van der Waals surface area contributed by atoms with E-state index in [0.717, 1.165) is 10.0 Å². The highest BCUT2D eigenvalue weighted by atomic mass is 79.9. The van der Waals surface area contributed by atoms with Crippen LogP contribution in [0.4, 0.5) is 5.82 Å². The first-order valence-corrected chi connectivity index (χ1v) is 4.97. The van der Waals surface area contributed by atoms with E-state index in [2.05, 4.69) is 21.0 Å². The summed E-state index contributed by atoms with van der Waals surface area (Å²) >= 11 is 3.31. The van der Waals surface area contributed by atoms with Gasteiger partial charge in [0.2, 0.25) is 0 Å². The molecule has 2 rings (SSSR count). The number of aromatic nitrogens is 2. The SMILES string of the molecule is Cc1cc(Br)cn2nc(N)c(C(=O)O)c12. The number of hydrogen-bond acceptors (Lipinski definition) is 3. The lowest BCUT2D eigenvalue weighted by Gasteiger charge is -2.00. The summed E-state index contributed by atoms with van der Waals surface area (Å²) in [5.41, 5.74) is 6.94. The highest BCUT2D eigenvalue weighted by molar-refractivity contribution is 9.10. The van der Waals surface area contributed by atoms with Crippen LogP contribution in [-0.4, -0.2) is 20.7 Å². The number of pyridine rings is 1. The molecule has 2 aromatic rings. The number of fused-ring (bicyclic) bond motifs is 1. The maximum Gasteiger partial charge on any atom is 0.341 e. The second-order valence-electron chi connectivity index (χ2n) is 3.20. The lowest BCUT2D eigenvalue weighted by Crippen LogP contribution is -2.00. The molecule has 5 nitrogen and oxygen atoms in total. The zero-order chi connectivity index (χ0) is 11.2. The predicted octanol–water partition coefficient (Wildman–Crippen LogP) is 1.69. The van der Waals surface area contributed by atoms with Gasteiger partial charge in [0.05, 0.1) is 5.52 Å². The number of aryl methyl sites for hydroxylation is 1. The molecule has 0 fully saturated rings. The topological polar surface area (TPSA) is 80.6 Å². The fraction of sp³-hybridized carbons (Fsp3) is 0.111. The van der Waals surface area contributed by atoms with Crippen molar-refractivity contribution in [2.24, 2.45) is 0 Å². The summed E-state index contributed by atoms with van der Waals surface area (Å²) in [7, 11) is 0. The van der Waals surface area contributed by atoms with Crippen LogP contribution in [0, 0.1) is 6.92 Å². The molecule has 0 aliphatic carbocycles. The number of aromatic carboxylic acids is 1. The zero-order valence-electron chi connectivity index (χ0n) is 7.86. The first-order chi connectivity index (χ1) is 7.00. The molecular weight excluding hydrogens is 262 g/mol. The number of rotatable bonds is 1. The van der Waals surface area contributed by atoms with E-state index in [9.17, 15) is 4.79 Å². The number of nitrogens with zero attached hydrogens (tertiary/aromatic N) is 2. The standard InChI is InChI=1S/C9H8BrN3O2/c1-4-2-5(10)3-13-7(4)6(9(14)15)8(11)12-13/h2-3H,1H3,(H2,11,12)(H,14,15). The molecule has 0 radical (unpaired) electrons. The molecule has 0 atom stereocenters. The van der Waals surface area contributed by atoms with Crippen molar-refractivity contribution in [1.29, 1.82) is 0 Å². The van der Waals surface area contributed by atoms with Crippen molar-refractivity contribution < 1.29 is 9.90 Å². The molecule has 78 valence electrons. The minimum absolute atomic E-state index is 0.0312. The predicted molar refractivity (Wildman–Crippen MR) is 59.0 cm³/mol. The van der Waals surface area contributed by atoms with Crippen LogP contribution < -0.4 is 5.73 Å². The maximum atomic E-state index is 11.0. The Bertz CT molecular complexity index is 562. The third-order valence-corrected chi connectivity index (χ3v) is 2.56. The van der Waals surface area contributed by atoms with E-state index in [1.165, 1.54) is 4.52 Å². The van der Waals surface area contributed by atoms with Crippen LogP contribution in [0.3, 0.4) is 0 Å². The van der Waals surface area contributed by atoms with E-state index in [-0.39, 0.29) is 11.4 Å². The quantitative estimate of drug-likeness (QED) is 0.826. The van der Waals surface area contributed by atoms with Gasteiger partial charge in [-0.25, -0.2) is 9.31 Å². The average Bonchev–Trinajstić information content (AvgIpc) is 2.40. The third kappa shape index (κ3) is 1.46. The first kappa shape index (κ1) is 9.97. The summed E-state index contributed by atoms with van der Waals surface area (Å²) in [6.45, 7) is 1.81. The van der Waals surface area contributed by atoms with Crippen molar-refractivity contribution in [2.45, 2.75) is 6.92 Å². The van der Waals surface area contributed by atoms with Crippen molar-refractivity contribution in [3.05, 3.63) is 27.9 Å². The zero-order valence-corrected chi connectivity index (χ0v) is 9.45. The molecule has 0 bridgehead atoms.